The lowest BCUT2D eigenvalue weighted by molar-refractivity contribution is 0.0281. The van der Waals surface area contributed by atoms with Crippen LogP contribution in [0.3, 0.4) is 0 Å². The van der Waals surface area contributed by atoms with Crippen molar-refractivity contribution in [2.24, 2.45) is 0 Å². The molecule has 0 radical (unpaired) electrons. The predicted octanol–water partition coefficient (Wildman–Crippen LogP) is 2.19. The quantitative estimate of drug-likeness (QED) is 0.796. The summed E-state index contributed by atoms with van der Waals surface area (Å²) in [6.45, 7) is 7.32. The lowest BCUT2D eigenvalue weighted by Gasteiger charge is -2.24. The van der Waals surface area contributed by atoms with E-state index in [1.165, 1.54) is 22.0 Å². The minimum atomic E-state index is -1.26. The van der Waals surface area contributed by atoms with Gasteiger partial charge in [0.2, 0.25) is 0 Å². The van der Waals surface area contributed by atoms with Crippen molar-refractivity contribution in [1.82, 2.24) is 14.5 Å². The number of alkyl halides is 1. The van der Waals surface area contributed by atoms with Crippen LogP contribution >= 0.6 is 0 Å². The average molecular weight is 327 g/mol. The van der Waals surface area contributed by atoms with E-state index in [0.717, 1.165) is 0 Å². The molecule has 0 bridgehead atoms. The van der Waals surface area contributed by atoms with Crippen LogP contribution in [0.1, 0.15) is 44.2 Å². The van der Waals surface area contributed by atoms with Gasteiger partial charge in [0.15, 0.2) is 5.69 Å². The number of likely N-dealkylation sites (tertiary alicyclic amines) is 1. The van der Waals surface area contributed by atoms with Crippen molar-refractivity contribution < 1.29 is 23.5 Å². The normalized spacial score (nSPS) is 21.3. The summed E-state index contributed by atoms with van der Waals surface area (Å²) in [4.78, 5) is 28.9. The number of hydrogen-bond acceptors (Lipinski definition) is 5. The molecule has 0 saturated carbocycles. The molecule has 0 aromatic carbocycles. The summed E-state index contributed by atoms with van der Waals surface area (Å²) in [5.74, 6) is -0.552. The van der Waals surface area contributed by atoms with Crippen molar-refractivity contribution in [2.45, 2.75) is 45.5 Å². The molecule has 2 heterocycles. The van der Waals surface area contributed by atoms with Gasteiger partial charge in [-0.1, -0.05) is 0 Å². The predicted molar refractivity (Wildman–Crippen MR) is 79.9 cm³/mol. The molecule has 0 spiro atoms. The van der Waals surface area contributed by atoms with Crippen LogP contribution in [-0.4, -0.2) is 58.0 Å². The van der Waals surface area contributed by atoms with E-state index >= 15 is 0 Å². The molecule has 1 aliphatic heterocycles. The van der Waals surface area contributed by atoms with Crippen molar-refractivity contribution in [2.75, 3.05) is 19.7 Å². The second-order valence-electron chi connectivity index (χ2n) is 6.40. The molecule has 7 nitrogen and oxygen atoms in total. The second kappa shape index (κ2) is 6.55. The number of halogens is 1. The first kappa shape index (κ1) is 17.2. The standard InChI is InChI=1S/C15H22FN3O4/c1-5-22-13(20)11-7-19(9-17-11)12-8-18(6-10(12)16)14(21)23-15(2,3)4/h7,9-10,12H,5-6,8H2,1-4H3. The number of carbonyl (C=O) groups is 2. The Morgan fingerprint density at radius 3 is 2.70 bits per heavy atom. The summed E-state index contributed by atoms with van der Waals surface area (Å²) < 4.78 is 25.9. The highest BCUT2D eigenvalue weighted by Gasteiger charge is 2.38. The van der Waals surface area contributed by atoms with Crippen LogP contribution in [0.4, 0.5) is 9.18 Å². The van der Waals surface area contributed by atoms with Gasteiger partial charge in [-0.3, -0.25) is 0 Å². The molecular weight excluding hydrogens is 305 g/mol. The summed E-state index contributed by atoms with van der Waals surface area (Å²) in [7, 11) is 0. The lowest BCUT2D eigenvalue weighted by Crippen LogP contribution is -2.35. The van der Waals surface area contributed by atoms with Crippen molar-refractivity contribution in [3.63, 3.8) is 0 Å². The Morgan fingerprint density at radius 1 is 1.39 bits per heavy atom. The first-order valence-electron chi connectivity index (χ1n) is 7.54. The average Bonchev–Trinajstić information content (AvgIpc) is 3.03. The Balaban J connectivity index is 2.04. The van der Waals surface area contributed by atoms with Gasteiger partial charge < -0.3 is 18.9 Å². The van der Waals surface area contributed by atoms with Crippen LogP contribution in [0, 0.1) is 0 Å². The smallest absolute Gasteiger partial charge is 0.410 e. The van der Waals surface area contributed by atoms with Crippen molar-refractivity contribution in [3.8, 4) is 0 Å². The SMILES string of the molecule is CCOC(=O)c1cn(C2CN(C(=O)OC(C)(C)C)CC2F)cn1. The summed E-state index contributed by atoms with van der Waals surface area (Å²) in [6, 6.07) is -0.599. The summed E-state index contributed by atoms with van der Waals surface area (Å²) in [5, 5.41) is 0. The molecular formula is C15H22FN3O4. The number of imidazole rings is 1. The van der Waals surface area contributed by atoms with Crippen molar-refractivity contribution >= 4 is 12.1 Å². The maximum absolute atomic E-state index is 14.3. The van der Waals surface area contributed by atoms with Gasteiger partial charge in [0, 0.05) is 12.7 Å². The molecule has 8 heteroatoms. The Hall–Kier alpha value is -2.12. The number of rotatable bonds is 3. The van der Waals surface area contributed by atoms with Gasteiger partial charge in [-0.05, 0) is 27.7 Å². The zero-order chi connectivity index (χ0) is 17.2. The van der Waals surface area contributed by atoms with Gasteiger partial charge in [0.1, 0.15) is 11.8 Å². The largest absolute Gasteiger partial charge is 0.461 e. The fourth-order valence-corrected chi connectivity index (χ4v) is 2.33. The molecule has 23 heavy (non-hydrogen) atoms. The minimum absolute atomic E-state index is 0.0491. The number of hydrogen-bond donors (Lipinski definition) is 0. The van der Waals surface area contributed by atoms with Crippen LogP contribution in [-0.2, 0) is 9.47 Å². The van der Waals surface area contributed by atoms with Crippen LogP contribution in [0.2, 0.25) is 0 Å². The van der Waals surface area contributed by atoms with E-state index < -0.39 is 29.9 Å². The molecule has 128 valence electrons. The first-order valence-corrected chi connectivity index (χ1v) is 7.54. The van der Waals surface area contributed by atoms with E-state index in [9.17, 15) is 14.0 Å². The van der Waals surface area contributed by atoms with E-state index in [-0.39, 0.29) is 25.4 Å². The molecule has 1 aromatic heterocycles. The monoisotopic (exact) mass is 327 g/mol. The summed E-state index contributed by atoms with van der Waals surface area (Å²) >= 11 is 0. The third-order valence-corrected chi connectivity index (χ3v) is 3.34. The Bertz CT molecular complexity index is 582. The zero-order valence-corrected chi connectivity index (χ0v) is 13.8. The van der Waals surface area contributed by atoms with E-state index in [2.05, 4.69) is 4.98 Å². The van der Waals surface area contributed by atoms with E-state index in [1.807, 2.05) is 0 Å². The van der Waals surface area contributed by atoms with Crippen LogP contribution in [0.25, 0.3) is 0 Å². The topological polar surface area (TPSA) is 73.7 Å². The fraction of sp³-hybridized carbons (Fsp3) is 0.667. The van der Waals surface area contributed by atoms with E-state index in [4.69, 9.17) is 9.47 Å². The molecule has 2 atom stereocenters. The lowest BCUT2D eigenvalue weighted by atomic mass is 10.2. The van der Waals surface area contributed by atoms with Gasteiger partial charge in [-0.25, -0.2) is 19.0 Å². The number of amides is 1. The maximum atomic E-state index is 14.3. The molecule has 1 aliphatic rings. The molecule has 0 N–H and O–H groups in total. The third kappa shape index (κ3) is 4.20. The Morgan fingerprint density at radius 2 is 2.09 bits per heavy atom. The van der Waals surface area contributed by atoms with Crippen LogP contribution < -0.4 is 0 Å². The second-order valence-corrected chi connectivity index (χ2v) is 6.40. The summed E-state index contributed by atoms with van der Waals surface area (Å²) in [6.07, 6.45) is 1.01. The molecule has 1 aromatic rings. The number of esters is 1. The van der Waals surface area contributed by atoms with Gasteiger partial charge in [-0.15, -0.1) is 0 Å². The Kier molecular flexibility index (Phi) is 4.91. The highest BCUT2D eigenvalue weighted by molar-refractivity contribution is 5.86. The van der Waals surface area contributed by atoms with Gasteiger partial charge in [0.05, 0.1) is 25.5 Å². The van der Waals surface area contributed by atoms with E-state index in [1.54, 1.807) is 27.7 Å². The van der Waals surface area contributed by atoms with Crippen LogP contribution in [0.5, 0.6) is 0 Å². The highest BCUT2D eigenvalue weighted by Crippen LogP contribution is 2.26. The highest BCUT2D eigenvalue weighted by atomic mass is 19.1. The van der Waals surface area contributed by atoms with Crippen LogP contribution in [0.15, 0.2) is 12.5 Å². The number of ether oxygens (including phenoxy) is 2. The van der Waals surface area contributed by atoms with E-state index in [0.29, 0.717) is 0 Å². The van der Waals surface area contributed by atoms with Gasteiger partial charge in [-0.2, -0.15) is 0 Å². The Labute approximate surface area is 134 Å². The number of carbonyl (C=O) groups excluding carboxylic acids is 2. The maximum Gasteiger partial charge on any atom is 0.410 e. The van der Waals surface area contributed by atoms with Crippen molar-refractivity contribution in [3.05, 3.63) is 18.2 Å². The number of aromatic nitrogens is 2. The molecule has 1 amide bonds. The molecule has 2 rings (SSSR count). The third-order valence-electron chi connectivity index (χ3n) is 3.34. The van der Waals surface area contributed by atoms with Gasteiger partial charge >= 0.3 is 12.1 Å². The van der Waals surface area contributed by atoms with Gasteiger partial charge in [0.25, 0.3) is 0 Å². The first-order chi connectivity index (χ1) is 10.7. The molecule has 1 saturated heterocycles. The minimum Gasteiger partial charge on any atom is -0.461 e. The molecule has 2 unspecified atom stereocenters. The molecule has 0 aliphatic carbocycles. The number of nitrogens with zero attached hydrogens (tertiary/aromatic N) is 3. The summed E-state index contributed by atoms with van der Waals surface area (Å²) in [5.41, 5.74) is -0.512. The fourth-order valence-electron chi connectivity index (χ4n) is 2.33. The van der Waals surface area contributed by atoms with Crippen molar-refractivity contribution in [1.29, 1.82) is 0 Å². The zero-order valence-electron chi connectivity index (χ0n) is 13.8. The molecule has 1 fully saturated rings.